The number of hydrogen-bond acceptors (Lipinski definition) is 4. The van der Waals surface area contributed by atoms with E-state index in [-0.39, 0.29) is 23.9 Å². The van der Waals surface area contributed by atoms with Gasteiger partial charge in [-0.05, 0) is 54.4 Å². The molecule has 0 aromatic heterocycles. The van der Waals surface area contributed by atoms with Crippen molar-refractivity contribution < 1.29 is 17.9 Å². The number of rotatable bonds is 9. The van der Waals surface area contributed by atoms with E-state index in [1.165, 1.54) is 21.3 Å². The maximum atomic E-state index is 13.4. The van der Waals surface area contributed by atoms with E-state index in [1.807, 2.05) is 55.5 Å². The Morgan fingerprint density at radius 3 is 2.00 bits per heavy atom. The van der Waals surface area contributed by atoms with Crippen molar-refractivity contribution in [2.75, 3.05) is 20.7 Å². The molecule has 0 atom stereocenters. The Balaban J connectivity index is 1.82. The van der Waals surface area contributed by atoms with E-state index >= 15 is 0 Å². The second kappa shape index (κ2) is 11.0. The molecule has 0 bridgehead atoms. The van der Waals surface area contributed by atoms with E-state index in [2.05, 4.69) is 15.9 Å². The topological polar surface area (TPSA) is 66.9 Å². The minimum absolute atomic E-state index is 0.0980. The summed E-state index contributed by atoms with van der Waals surface area (Å²) in [6, 6.07) is 21.5. The van der Waals surface area contributed by atoms with Crippen molar-refractivity contribution in [3.63, 3.8) is 0 Å². The lowest BCUT2D eigenvalue weighted by molar-refractivity contribution is -0.130. The highest BCUT2D eigenvalue weighted by atomic mass is 79.9. The third kappa shape index (κ3) is 6.66. The minimum atomic E-state index is -3.89. The van der Waals surface area contributed by atoms with Crippen LogP contribution in [0.3, 0.4) is 0 Å². The van der Waals surface area contributed by atoms with Crippen molar-refractivity contribution in [2.24, 2.45) is 0 Å². The number of sulfonamides is 1. The number of carbonyl (C=O) groups excluding carboxylic acids is 1. The van der Waals surface area contributed by atoms with Crippen molar-refractivity contribution >= 4 is 31.9 Å². The molecule has 0 radical (unpaired) electrons. The zero-order valence-electron chi connectivity index (χ0n) is 18.9. The Bertz CT molecular complexity index is 1180. The van der Waals surface area contributed by atoms with Gasteiger partial charge in [0, 0.05) is 24.6 Å². The monoisotopic (exact) mass is 530 g/mol. The fraction of sp³-hybridized carbons (Fsp3) is 0.240. The first-order valence-electron chi connectivity index (χ1n) is 10.4. The summed E-state index contributed by atoms with van der Waals surface area (Å²) in [7, 11) is -0.622. The van der Waals surface area contributed by atoms with Gasteiger partial charge in [-0.2, -0.15) is 4.31 Å². The normalized spacial score (nSPS) is 11.4. The molecule has 0 fully saturated rings. The predicted molar refractivity (Wildman–Crippen MR) is 132 cm³/mol. The fourth-order valence-corrected chi connectivity index (χ4v) is 4.89. The lowest BCUT2D eigenvalue weighted by Gasteiger charge is -2.25. The van der Waals surface area contributed by atoms with Crippen LogP contribution in [0.2, 0.25) is 0 Å². The number of halogens is 1. The van der Waals surface area contributed by atoms with Crippen LogP contribution in [0.25, 0.3) is 0 Å². The van der Waals surface area contributed by atoms with Crippen LogP contribution in [0.5, 0.6) is 5.75 Å². The van der Waals surface area contributed by atoms with Crippen LogP contribution < -0.4 is 4.74 Å². The molecule has 0 spiro atoms. The number of benzene rings is 3. The van der Waals surface area contributed by atoms with E-state index in [9.17, 15) is 13.2 Å². The van der Waals surface area contributed by atoms with E-state index < -0.39 is 10.0 Å². The van der Waals surface area contributed by atoms with E-state index in [4.69, 9.17) is 4.74 Å². The molecule has 8 heteroatoms. The Hall–Kier alpha value is -2.68. The average Bonchev–Trinajstić information content (AvgIpc) is 2.80. The number of carbonyl (C=O) groups is 1. The standard InChI is InChI=1S/C25H27BrN2O4S/c1-19-4-6-21(7-5-19)17-28(33(30,31)24-14-10-22(26)11-15-24)18-25(29)27(2)16-20-8-12-23(32-3)13-9-20/h4-15H,16-18H2,1-3H3. The van der Waals surface area contributed by atoms with Crippen LogP contribution in [0.1, 0.15) is 16.7 Å². The first-order valence-corrected chi connectivity index (χ1v) is 12.6. The van der Waals surface area contributed by atoms with Crippen LogP contribution in [0.4, 0.5) is 0 Å². The lowest BCUT2D eigenvalue weighted by atomic mass is 10.1. The smallest absolute Gasteiger partial charge is 0.243 e. The second-order valence-electron chi connectivity index (χ2n) is 7.81. The van der Waals surface area contributed by atoms with Crippen LogP contribution in [-0.2, 0) is 27.9 Å². The number of methoxy groups -OCH3 is 1. The molecule has 0 heterocycles. The van der Waals surface area contributed by atoms with Crippen LogP contribution in [0.15, 0.2) is 82.2 Å². The molecule has 6 nitrogen and oxygen atoms in total. The Morgan fingerprint density at radius 2 is 1.42 bits per heavy atom. The molecule has 0 saturated heterocycles. The van der Waals surface area contributed by atoms with Crippen molar-refractivity contribution in [3.8, 4) is 5.75 Å². The highest BCUT2D eigenvalue weighted by Gasteiger charge is 2.28. The molecule has 1 amide bonds. The first-order chi connectivity index (χ1) is 15.7. The third-order valence-electron chi connectivity index (χ3n) is 5.25. The van der Waals surface area contributed by atoms with Gasteiger partial charge < -0.3 is 9.64 Å². The van der Waals surface area contributed by atoms with Crippen LogP contribution in [-0.4, -0.2) is 44.2 Å². The van der Waals surface area contributed by atoms with Gasteiger partial charge in [0.1, 0.15) is 5.75 Å². The molecule has 174 valence electrons. The fourth-order valence-electron chi connectivity index (χ4n) is 3.24. The molecular weight excluding hydrogens is 504 g/mol. The van der Waals surface area contributed by atoms with Crippen LogP contribution >= 0.6 is 15.9 Å². The molecule has 3 aromatic carbocycles. The van der Waals surface area contributed by atoms with Gasteiger partial charge in [-0.15, -0.1) is 0 Å². The maximum Gasteiger partial charge on any atom is 0.243 e. The third-order valence-corrected chi connectivity index (χ3v) is 7.58. The van der Waals surface area contributed by atoms with Gasteiger partial charge in [0.05, 0.1) is 18.6 Å². The summed E-state index contributed by atoms with van der Waals surface area (Å²) in [5.41, 5.74) is 2.82. The van der Waals surface area contributed by atoms with E-state index in [1.54, 1.807) is 26.3 Å². The average molecular weight is 531 g/mol. The van der Waals surface area contributed by atoms with Crippen molar-refractivity contribution in [3.05, 3.63) is 94.0 Å². The molecule has 0 aliphatic carbocycles. The van der Waals surface area contributed by atoms with Gasteiger partial charge in [0.15, 0.2) is 0 Å². The van der Waals surface area contributed by atoms with Crippen molar-refractivity contribution in [1.29, 1.82) is 0 Å². The summed E-state index contributed by atoms with van der Waals surface area (Å²) in [6.45, 7) is 2.16. The molecule has 0 unspecified atom stereocenters. The molecule has 0 saturated carbocycles. The Morgan fingerprint density at radius 1 is 0.879 bits per heavy atom. The Kier molecular flexibility index (Phi) is 8.29. The highest BCUT2D eigenvalue weighted by molar-refractivity contribution is 9.10. The summed E-state index contributed by atoms with van der Waals surface area (Å²) in [4.78, 5) is 14.7. The molecule has 0 N–H and O–H groups in total. The zero-order chi connectivity index (χ0) is 24.0. The van der Waals surface area contributed by atoms with Crippen LogP contribution in [0, 0.1) is 6.92 Å². The summed E-state index contributed by atoms with van der Waals surface area (Å²) in [5, 5.41) is 0. The van der Waals surface area contributed by atoms with Gasteiger partial charge in [0.25, 0.3) is 0 Å². The minimum Gasteiger partial charge on any atom is -0.497 e. The summed E-state index contributed by atoms with van der Waals surface area (Å²) in [5.74, 6) is 0.441. The van der Waals surface area contributed by atoms with Gasteiger partial charge in [-0.3, -0.25) is 4.79 Å². The van der Waals surface area contributed by atoms with Gasteiger partial charge in [-0.25, -0.2) is 8.42 Å². The number of aryl methyl sites for hydroxylation is 1. The maximum absolute atomic E-state index is 13.4. The van der Waals surface area contributed by atoms with Gasteiger partial charge in [0.2, 0.25) is 15.9 Å². The van der Waals surface area contributed by atoms with Gasteiger partial charge in [-0.1, -0.05) is 57.9 Å². The Labute approximate surface area is 204 Å². The molecular formula is C25H27BrN2O4S. The highest BCUT2D eigenvalue weighted by Crippen LogP contribution is 2.21. The molecule has 33 heavy (non-hydrogen) atoms. The summed E-state index contributed by atoms with van der Waals surface area (Å²) in [6.07, 6.45) is 0. The molecule has 3 aromatic rings. The van der Waals surface area contributed by atoms with Crippen molar-refractivity contribution in [1.82, 2.24) is 9.21 Å². The first kappa shape index (κ1) is 25.0. The molecule has 0 aliphatic rings. The van der Waals surface area contributed by atoms with Gasteiger partial charge >= 0.3 is 0 Å². The number of ether oxygens (including phenoxy) is 1. The molecule has 0 aliphatic heterocycles. The summed E-state index contributed by atoms with van der Waals surface area (Å²) < 4.78 is 34.0. The van der Waals surface area contributed by atoms with E-state index in [0.717, 1.165) is 26.9 Å². The number of hydrogen-bond donors (Lipinski definition) is 0. The number of nitrogens with zero attached hydrogens (tertiary/aromatic N) is 2. The SMILES string of the molecule is COc1ccc(CN(C)C(=O)CN(Cc2ccc(C)cc2)S(=O)(=O)c2ccc(Br)cc2)cc1. The molecule has 3 rings (SSSR count). The predicted octanol–water partition coefficient (Wildman–Crippen LogP) is 4.62. The lowest BCUT2D eigenvalue weighted by Crippen LogP contribution is -2.40. The largest absolute Gasteiger partial charge is 0.497 e. The van der Waals surface area contributed by atoms with E-state index in [0.29, 0.717) is 6.54 Å². The van der Waals surface area contributed by atoms with Crippen molar-refractivity contribution in [2.45, 2.75) is 24.9 Å². The second-order valence-corrected chi connectivity index (χ2v) is 10.7. The number of amides is 1. The number of likely N-dealkylation sites (N-methyl/N-ethyl adjacent to an activating group) is 1. The summed E-state index contributed by atoms with van der Waals surface area (Å²) >= 11 is 3.33. The zero-order valence-corrected chi connectivity index (χ0v) is 21.3. The quantitative estimate of drug-likeness (QED) is 0.405.